The SMILES string of the molecule is Cc1ccc(NCC(=O)N/N=C\c2cccn2-c2ccc(Br)cc2)cc1C. The Kier molecular flexibility index (Phi) is 6.08. The van der Waals surface area contributed by atoms with E-state index in [-0.39, 0.29) is 12.5 Å². The molecule has 3 rings (SSSR count). The molecule has 5 nitrogen and oxygen atoms in total. The highest BCUT2D eigenvalue weighted by Gasteiger charge is 2.03. The number of nitrogens with zero attached hydrogens (tertiary/aromatic N) is 2. The molecule has 0 aliphatic carbocycles. The summed E-state index contributed by atoms with van der Waals surface area (Å²) >= 11 is 3.44. The van der Waals surface area contributed by atoms with Crippen molar-refractivity contribution in [2.75, 3.05) is 11.9 Å². The van der Waals surface area contributed by atoms with E-state index >= 15 is 0 Å². The van der Waals surface area contributed by atoms with Crippen LogP contribution in [-0.2, 0) is 4.79 Å². The van der Waals surface area contributed by atoms with E-state index in [4.69, 9.17) is 0 Å². The highest BCUT2D eigenvalue weighted by atomic mass is 79.9. The van der Waals surface area contributed by atoms with Crippen LogP contribution in [0.2, 0.25) is 0 Å². The van der Waals surface area contributed by atoms with Gasteiger partial charge in [0, 0.05) is 22.0 Å². The molecule has 0 unspecified atom stereocenters. The van der Waals surface area contributed by atoms with Crippen LogP contribution in [0.5, 0.6) is 0 Å². The smallest absolute Gasteiger partial charge is 0.259 e. The van der Waals surface area contributed by atoms with E-state index < -0.39 is 0 Å². The lowest BCUT2D eigenvalue weighted by atomic mass is 10.1. The minimum absolute atomic E-state index is 0.160. The Bertz CT molecular complexity index is 961. The first-order chi connectivity index (χ1) is 13.0. The van der Waals surface area contributed by atoms with Crippen LogP contribution in [0.15, 0.2) is 70.4 Å². The fourth-order valence-corrected chi connectivity index (χ4v) is 2.84. The maximum absolute atomic E-state index is 12.0. The van der Waals surface area contributed by atoms with Crippen molar-refractivity contribution in [2.24, 2.45) is 5.10 Å². The largest absolute Gasteiger partial charge is 0.376 e. The van der Waals surface area contributed by atoms with Crippen LogP contribution >= 0.6 is 15.9 Å². The van der Waals surface area contributed by atoms with Gasteiger partial charge >= 0.3 is 0 Å². The second kappa shape index (κ2) is 8.68. The highest BCUT2D eigenvalue weighted by Crippen LogP contribution is 2.16. The summed E-state index contributed by atoms with van der Waals surface area (Å²) in [7, 11) is 0. The predicted molar refractivity (Wildman–Crippen MR) is 114 cm³/mol. The van der Waals surface area contributed by atoms with Gasteiger partial charge in [0.05, 0.1) is 18.5 Å². The van der Waals surface area contributed by atoms with Gasteiger partial charge < -0.3 is 9.88 Å². The van der Waals surface area contributed by atoms with Crippen molar-refractivity contribution in [2.45, 2.75) is 13.8 Å². The van der Waals surface area contributed by atoms with Crippen molar-refractivity contribution >= 4 is 33.7 Å². The number of hydrogen-bond acceptors (Lipinski definition) is 3. The molecular formula is C21H21BrN4O. The molecule has 6 heteroatoms. The molecule has 0 bridgehead atoms. The summed E-state index contributed by atoms with van der Waals surface area (Å²) in [4.78, 5) is 12.0. The Hall–Kier alpha value is -2.86. The summed E-state index contributed by atoms with van der Waals surface area (Å²) in [5, 5.41) is 7.17. The molecule has 1 heterocycles. The number of anilines is 1. The minimum Gasteiger partial charge on any atom is -0.376 e. The Balaban J connectivity index is 1.56. The summed E-state index contributed by atoms with van der Waals surface area (Å²) in [5.41, 5.74) is 7.78. The van der Waals surface area contributed by atoms with Gasteiger partial charge in [0.25, 0.3) is 5.91 Å². The Morgan fingerprint density at radius 3 is 2.63 bits per heavy atom. The van der Waals surface area contributed by atoms with Gasteiger partial charge in [0.2, 0.25) is 0 Å². The fraction of sp³-hybridized carbons (Fsp3) is 0.143. The van der Waals surface area contributed by atoms with E-state index in [0.29, 0.717) is 0 Å². The molecule has 27 heavy (non-hydrogen) atoms. The number of aromatic nitrogens is 1. The Labute approximate surface area is 167 Å². The number of halogens is 1. The van der Waals surface area contributed by atoms with Gasteiger partial charge in [-0.2, -0.15) is 5.10 Å². The molecule has 3 aromatic rings. The highest BCUT2D eigenvalue weighted by molar-refractivity contribution is 9.10. The van der Waals surface area contributed by atoms with Crippen molar-refractivity contribution in [3.05, 3.63) is 82.1 Å². The molecule has 138 valence electrons. The van der Waals surface area contributed by atoms with E-state index in [0.717, 1.165) is 21.5 Å². The molecular weight excluding hydrogens is 404 g/mol. The molecule has 0 fully saturated rings. The summed E-state index contributed by atoms with van der Waals surface area (Å²) in [6.45, 7) is 4.27. The normalized spacial score (nSPS) is 10.9. The second-order valence-corrected chi connectivity index (χ2v) is 7.14. The van der Waals surface area contributed by atoms with Crippen molar-refractivity contribution in [3.8, 4) is 5.69 Å². The summed E-state index contributed by atoms with van der Waals surface area (Å²) in [6, 6.07) is 17.9. The molecule has 0 saturated heterocycles. The lowest BCUT2D eigenvalue weighted by molar-refractivity contribution is -0.119. The average molecular weight is 425 g/mol. The first-order valence-electron chi connectivity index (χ1n) is 8.59. The molecule has 2 N–H and O–H groups in total. The van der Waals surface area contributed by atoms with Crippen LogP contribution in [-0.4, -0.2) is 23.2 Å². The van der Waals surface area contributed by atoms with Gasteiger partial charge in [-0.05, 0) is 73.5 Å². The molecule has 0 radical (unpaired) electrons. The maximum Gasteiger partial charge on any atom is 0.259 e. The van der Waals surface area contributed by atoms with Crippen molar-refractivity contribution in [3.63, 3.8) is 0 Å². The van der Waals surface area contributed by atoms with Gasteiger partial charge in [-0.15, -0.1) is 0 Å². The lowest BCUT2D eigenvalue weighted by Gasteiger charge is -2.08. The Morgan fingerprint density at radius 2 is 1.89 bits per heavy atom. The topological polar surface area (TPSA) is 58.4 Å². The summed E-state index contributed by atoms with van der Waals surface area (Å²) in [6.07, 6.45) is 3.59. The van der Waals surface area contributed by atoms with E-state index in [1.165, 1.54) is 11.1 Å². The predicted octanol–water partition coefficient (Wildman–Crippen LogP) is 4.42. The van der Waals surface area contributed by atoms with E-state index in [1.807, 2.05) is 72.3 Å². The molecule has 0 saturated carbocycles. The summed E-state index contributed by atoms with van der Waals surface area (Å²) in [5.74, 6) is -0.203. The van der Waals surface area contributed by atoms with E-state index in [9.17, 15) is 4.79 Å². The second-order valence-electron chi connectivity index (χ2n) is 6.23. The third kappa shape index (κ3) is 5.08. The molecule has 0 aliphatic heterocycles. The Morgan fingerprint density at radius 1 is 1.11 bits per heavy atom. The maximum atomic E-state index is 12.0. The molecule has 1 amide bonds. The zero-order chi connectivity index (χ0) is 19.2. The van der Waals surface area contributed by atoms with Gasteiger partial charge in [0.1, 0.15) is 0 Å². The number of carbonyl (C=O) groups excluding carboxylic acids is 1. The zero-order valence-corrected chi connectivity index (χ0v) is 16.8. The quantitative estimate of drug-likeness (QED) is 0.454. The number of rotatable bonds is 6. The van der Waals surface area contributed by atoms with Crippen LogP contribution in [0, 0.1) is 13.8 Å². The van der Waals surface area contributed by atoms with Gasteiger partial charge in [-0.25, -0.2) is 5.43 Å². The monoisotopic (exact) mass is 424 g/mol. The first kappa shape index (κ1) is 18.9. The molecule has 1 aromatic heterocycles. The molecule has 0 atom stereocenters. The first-order valence-corrected chi connectivity index (χ1v) is 9.38. The average Bonchev–Trinajstić information content (AvgIpc) is 3.12. The van der Waals surface area contributed by atoms with Crippen LogP contribution in [0.3, 0.4) is 0 Å². The minimum atomic E-state index is -0.203. The third-order valence-electron chi connectivity index (χ3n) is 4.23. The third-order valence-corrected chi connectivity index (χ3v) is 4.76. The van der Waals surface area contributed by atoms with Gasteiger partial charge in [-0.3, -0.25) is 4.79 Å². The standard InChI is InChI=1S/C21H21BrN4O/c1-15-5-8-18(12-16(15)2)23-14-21(27)25-24-13-20-4-3-11-26(20)19-9-6-17(22)7-10-19/h3-13,23H,14H2,1-2H3,(H,25,27)/b24-13-. The lowest BCUT2D eigenvalue weighted by Crippen LogP contribution is -2.26. The molecule has 2 aromatic carbocycles. The van der Waals surface area contributed by atoms with Crippen molar-refractivity contribution in [1.29, 1.82) is 0 Å². The number of hydrazone groups is 1. The van der Waals surface area contributed by atoms with Gasteiger partial charge in [0.15, 0.2) is 0 Å². The number of hydrogen-bond donors (Lipinski definition) is 2. The number of aryl methyl sites for hydroxylation is 2. The fourth-order valence-electron chi connectivity index (χ4n) is 2.58. The van der Waals surface area contributed by atoms with Crippen LogP contribution in [0.25, 0.3) is 5.69 Å². The summed E-state index contributed by atoms with van der Waals surface area (Å²) < 4.78 is 3.02. The van der Waals surface area contributed by atoms with Gasteiger partial charge in [-0.1, -0.05) is 22.0 Å². The van der Waals surface area contributed by atoms with E-state index in [2.05, 4.69) is 38.7 Å². The van der Waals surface area contributed by atoms with Crippen molar-refractivity contribution in [1.82, 2.24) is 9.99 Å². The number of benzene rings is 2. The zero-order valence-electron chi connectivity index (χ0n) is 15.2. The van der Waals surface area contributed by atoms with E-state index in [1.54, 1.807) is 6.21 Å². The number of amides is 1. The van der Waals surface area contributed by atoms with Crippen molar-refractivity contribution < 1.29 is 4.79 Å². The molecule has 0 aliphatic rings. The van der Waals surface area contributed by atoms with Crippen LogP contribution in [0.4, 0.5) is 5.69 Å². The van der Waals surface area contributed by atoms with Crippen LogP contribution in [0.1, 0.15) is 16.8 Å². The number of nitrogens with one attached hydrogen (secondary N) is 2. The number of carbonyl (C=O) groups is 1. The molecule has 0 spiro atoms. The van der Waals surface area contributed by atoms with Crippen LogP contribution < -0.4 is 10.7 Å².